The first-order valence-corrected chi connectivity index (χ1v) is 11.7. The predicted octanol–water partition coefficient (Wildman–Crippen LogP) is 3.04. The molecular formula is C22H29N2O2P. The molecule has 0 bridgehead atoms. The van der Waals surface area contributed by atoms with E-state index in [0.29, 0.717) is 12.7 Å². The average molecular weight is 384 g/mol. The van der Waals surface area contributed by atoms with E-state index in [1.165, 1.54) is 6.42 Å². The molecule has 27 heavy (non-hydrogen) atoms. The van der Waals surface area contributed by atoms with Gasteiger partial charge in [-0.1, -0.05) is 73.5 Å². The molecule has 5 heteroatoms. The zero-order valence-electron chi connectivity index (χ0n) is 15.9. The van der Waals surface area contributed by atoms with E-state index < -0.39 is 7.14 Å². The molecule has 0 heterocycles. The van der Waals surface area contributed by atoms with Gasteiger partial charge in [0.25, 0.3) is 0 Å². The third kappa shape index (κ3) is 5.09. The van der Waals surface area contributed by atoms with Gasteiger partial charge < -0.3 is 15.2 Å². The molecule has 3 rings (SSSR count). The fourth-order valence-electron chi connectivity index (χ4n) is 3.96. The van der Waals surface area contributed by atoms with Gasteiger partial charge in [0.2, 0.25) is 5.91 Å². The summed E-state index contributed by atoms with van der Waals surface area (Å²) in [5.41, 5.74) is 0. The largest absolute Gasteiger partial charge is 0.352 e. The summed E-state index contributed by atoms with van der Waals surface area (Å²) in [4.78, 5) is 11.5. The highest BCUT2D eigenvalue weighted by Crippen LogP contribution is 2.42. The Morgan fingerprint density at radius 1 is 0.926 bits per heavy atom. The van der Waals surface area contributed by atoms with E-state index in [9.17, 15) is 9.36 Å². The highest BCUT2D eigenvalue weighted by atomic mass is 31.2. The van der Waals surface area contributed by atoms with Gasteiger partial charge in [0.05, 0.1) is 0 Å². The van der Waals surface area contributed by atoms with Crippen LogP contribution in [0.2, 0.25) is 0 Å². The number of amides is 1. The highest BCUT2D eigenvalue weighted by Gasteiger charge is 2.29. The summed E-state index contributed by atoms with van der Waals surface area (Å²) < 4.78 is 14.0. The minimum absolute atomic E-state index is 0.0212. The number of nitrogens with one attached hydrogen (secondary N) is 2. The van der Waals surface area contributed by atoms with Gasteiger partial charge in [0, 0.05) is 42.3 Å². The maximum atomic E-state index is 14.0. The summed E-state index contributed by atoms with van der Waals surface area (Å²) >= 11 is 0. The van der Waals surface area contributed by atoms with Crippen molar-refractivity contribution in [1.29, 1.82) is 0 Å². The van der Waals surface area contributed by atoms with Gasteiger partial charge in [-0.05, 0) is 12.8 Å². The van der Waals surface area contributed by atoms with E-state index in [1.807, 2.05) is 60.7 Å². The normalized spacial score (nSPS) is 20.2. The first kappa shape index (κ1) is 19.9. The molecule has 144 valence electrons. The Morgan fingerprint density at radius 2 is 1.44 bits per heavy atom. The van der Waals surface area contributed by atoms with Gasteiger partial charge in [-0.15, -0.1) is 0 Å². The molecule has 0 aliphatic heterocycles. The van der Waals surface area contributed by atoms with Crippen LogP contribution in [0.4, 0.5) is 0 Å². The zero-order chi connectivity index (χ0) is 19.1. The SMILES string of the molecule is CC(=O)NC1CCCCC1NCCP(=O)(c1ccccc1)c1ccccc1. The van der Waals surface area contributed by atoms with E-state index in [1.54, 1.807) is 6.92 Å². The molecule has 0 aromatic heterocycles. The van der Waals surface area contributed by atoms with Gasteiger partial charge in [0.1, 0.15) is 7.14 Å². The van der Waals surface area contributed by atoms with Crippen LogP contribution in [0.5, 0.6) is 0 Å². The van der Waals surface area contributed by atoms with Gasteiger partial charge in [0.15, 0.2) is 0 Å². The second-order valence-electron chi connectivity index (χ2n) is 7.29. The lowest BCUT2D eigenvalue weighted by Gasteiger charge is -2.33. The van der Waals surface area contributed by atoms with E-state index >= 15 is 0 Å². The standard InChI is InChI=1S/C22H29N2O2P/c1-18(25)24-22-15-9-8-14-21(22)23-16-17-27(26,19-10-4-2-5-11-19)20-12-6-3-7-13-20/h2-7,10-13,21-23H,8-9,14-17H2,1H3,(H,24,25). The van der Waals surface area contributed by atoms with Crippen LogP contribution in [0.15, 0.2) is 60.7 Å². The summed E-state index contributed by atoms with van der Waals surface area (Å²) in [5.74, 6) is 0.0212. The quantitative estimate of drug-likeness (QED) is 0.722. The molecule has 0 spiro atoms. The Hall–Kier alpha value is -1.90. The second kappa shape index (κ2) is 9.34. The molecule has 0 saturated heterocycles. The van der Waals surface area contributed by atoms with Crippen LogP contribution in [0.1, 0.15) is 32.6 Å². The lowest BCUT2D eigenvalue weighted by atomic mass is 9.90. The third-order valence-corrected chi connectivity index (χ3v) is 8.45. The molecule has 4 nitrogen and oxygen atoms in total. The van der Waals surface area contributed by atoms with E-state index in [0.717, 1.165) is 29.9 Å². The fraction of sp³-hybridized carbons (Fsp3) is 0.409. The lowest BCUT2D eigenvalue weighted by molar-refractivity contribution is -0.120. The maximum absolute atomic E-state index is 14.0. The third-order valence-electron chi connectivity index (χ3n) is 5.33. The Balaban J connectivity index is 1.72. The lowest BCUT2D eigenvalue weighted by Crippen LogP contribution is -2.51. The summed E-state index contributed by atoms with van der Waals surface area (Å²) in [5, 5.41) is 8.46. The number of hydrogen-bond donors (Lipinski definition) is 2. The van der Waals surface area contributed by atoms with Crippen LogP contribution in [0.25, 0.3) is 0 Å². The summed E-state index contributed by atoms with van der Waals surface area (Å²) in [6.45, 7) is 2.24. The first-order valence-electron chi connectivity index (χ1n) is 9.80. The Kier molecular flexibility index (Phi) is 6.87. The van der Waals surface area contributed by atoms with Crippen molar-refractivity contribution in [3.63, 3.8) is 0 Å². The molecular weight excluding hydrogens is 355 g/mol. The number of carbonyl (C=O) groups is 1. The average Bonchev–Trinajstić information content (AvgIpc) is 2.70. The number of carbonyl (C=O) groups excluding carboxylic acids is 1. The number of hydrogen-bond acceptors (Lipinski definition) is 3. The van der Waals surface area contributed by atoms with Crippen molar-refractivity contribution >= 4 is 23.7 Å². The van der Waals surface area contributed by atoms with Crippen LogP contribution in [0, 0.1) is 0 Å². The monoisotopic (exact) mass is 384 g/mol. The van der Waals surface area contributed by atoms with Crippen molar-refractivity contribution in [1.82, 2.24) is 10.6 Å². The van der Waals surface area contributed by atoms with Crippen LogP contribution < -0.4 is 21.2 Å². The first-order chi connectivity index (χ1) is 13.1. The Bertz CT molecular complexity index is 736. The molecule has 1 aliphatic rings. The number of rotatable bonds is 7. The summed E-state index contributed by atoms with van der Waals surface area (Å²) in [6, 6.07) is 20.0. The van der Waals surface area contributed by atoms with Crippen LogP contribution >= 0.6 is 7.14 Å². The molecule has 0 radical (unpaired) electrons. The van der Waals surface area contributed by atoms with Crippen LogP contribution in [-0.4, -0.2) is 30.7 Å². The molecule has 2 aromatic rings. The van der Waals surface area contributed by atoms with E-state index in [4.69, 9.17) is 0 Å². The zero-order valence-corrected chi connectivity index (χ0v) is 16.8. The van der Waals surface area contributed by atoms with Gasteiger partial charge in [-0.3, -0.25) is 4.79 Å². The fourth-order valence-corrected chi connectivity index (χ4v) is 6.53. The molecule has 1 fully saturated rings. The molecule has 2 unspecified atom stereocenters. The minimum Gasteiger partial charge on any atom is -0.352 e. The van der Waals surface area contributed by atoms with Crippen molar-refractivity contribution in [3.05, 3.63) is 60.7 Å². The van der Waals surface area contributed by atoms with Crippen molar-refractivity contribution in [2.24, 2.45) is 0 Å². The van der Waals surface area contributed by atoms with E-state index in [-0.39, 0.29) is 18.0 Å². The number of benzene rings is 2. The van der Waals surface area contributed by atoms with Crippen LogP contribution in [-0.2, 0) is 9.36 Å². The summed E-state index contributed by atoms with van der Waals surface area (Å²) in [6.07, 6.45) is 4.95. The Morgan fingerprint density at radius 3 is 1.96 bits per heavy atom. The second-order valence-corrected chi connectivity index (χ2v) is 10.2. The van der Waals surface area contributed by atoms with Crippen molar-refractivity contribution in [3.8, 4) is 0 Å². The summed E-state index contributed by atoms with van der Waals surface area (Å²) in [7, 11) is -2.69. The topological polar surface area (TPSA) is 58.2 Å². The predicted molar refractivity (Wildman–Crippen MR) is 112 cm³/mol. The van der Waals surface area contributed by atoms with E-state index in [2.05, 4.69) is 10.6 Å². The highest BCUT2D eigenvalue weighted by molar-refractivity contribution is 7.78. The smallest absolute Gasteiger partial charge is 0.217 e. The molecule has 2 atom stereocenters. The van der Waals surface area contributed by atoms with Crippen molar-refractivity contribution in [2.75, 3.05) is 12.7 Å². The van der Waals surface area contributed by atoms with Crippen molar-refractivity contribution in [2.45, 2.75) is 44.7 Å². The Labute approximate surface area is 162 Å². The molecule has 2 N–H and O–H groups in total. The molecule has 1 amide bonds. The molecule has 2 aromatic carbocycles. The van der Waals surface area contributed by atoms with Gasteiger partial charge in [-0.2, -0.15) is 0 Å². The maximum Gasteiger partial charge on any atom is 0.217 e. The van der Waals surface area contributed by atoms with Crippen LogP contribution in [0.3, 0.4) is 0 Å². The molecule has 1 saturated carbocycles. The minimum atomic E-state index is -2.69. The van der Waals surface area contributed by atoms with Gasteiger partial charge in [-0.25, -0.2) is 0 Å². The van der Waals surface area contributed by atoms with Gasteiger partial charge >= 0.3 is 0 Å². The van der Waals surface area contributed by atoms with Crippen molar-refractivity contribution < 1.29 is 9.36 Å². The molecule has 1 aliphatic carbocycles.